The molecule has 2 rings (SSSR count). The van der Waals surface area contributed by atoms with Crippen LogP contribution in [0.1, 0.15) is 11.1 Å². The summed E-state index contributed by atoms with van der Waals surface area (Å²) >= 11 is 0. The van der Waals surface area contributed by atoms with Crippen molar-refractivity contribution >= 4 is 11.5 Å². The lowest BCUT2D eigenvalue weighted by Crippen LogP contribution is -2.23. The second-order valence-corrected chi connectivity index (χ2v) is 3.60. The maximum Gasteiger partial charge on any atom is 0.431 e. The van der Waals surface area contributed by atoms with Crippen LogP contribution in [-0.4, -0.2) is 24.3 Å². The highest BCUT2D eigenvalue weighted by Crippen LogP contribution is 2.21. The van der Waals surface area contributed by atoms with Gasteiger partial charge < -0.3 is 5.73 Å². The number of alkyl halides is 3. The molecular formula is C11H10F3N3. The molecule has 1 aliphatic heterocycles. The van der Waals surface area contributed by atoms with Crippen LogP contribution in [0.2, 0.25) is 0 Å². The van der Waals surface area contributed by atoms with Crippen LogP contribution < -0.4 is 5.73 Å². The molecule has 3 nitrogen and oxygen atoms in total. The van der Waals surface area contributed by atoms with Gasteiger partial charge in [-0.3, -0.25) is 4.99 Å². The SMILES string of the molecule is NCc1ccc(C2=NCC(C(F)(F)F)=N2)cc1. The summed E-state index contributed by atoms with van der Waals surface area (Å²) in [6.45, 7) is -0.0126. The maximum atomic E-state index is 12.3. The minimum atomic E-state index is -4.40. The quantitative estimate of drug-likeness (QED) is 0.844. The fraction of sp³-hybridized carbons (Fsp3) is 0.273. The first-order chi connectivity index (χ1) is 8.00. The minimum Gasteiger partial charge on any atom is -0.326 e. The molecule has 0 bridgehead atoms. The topological polar surface area (TPSA) is 50.7 Å². The molecule has 0 saturated heterocycles. The van der Waals surface area contributed by atoms with E-state index in [9.17, 15) is 13.2 Å². The van der Waals surface area contributed by atoms with E-state index in [2.05, 4.69) is 9.98 Å². The van der Waals surface area contributed by atoms with Crippen LogP contribution in [0.25, 0.3) is 0 Å². The molecule has 0 atom stereocenters. The summed E-state index contributed by atoms with van der Waals surface area (Å²) in [6, 6.07) is 6.84. The zero-order chi connectivity index (χ0) is 12.5. The highest BCUT2D eigenvalue weighted by atomic mass is 19.4. The van der Waals surface area contributed by atoms with E-state index in [1.54, 1.807) is 24.3 Å². The van der Waals surface area contributed by atoms with Crippen LogP contribution in [0.15, 0.2) is 34.3 Å². The van der Waals surface area contributed by atoms with Crippen molar-refractivity contribution in [3.63, 3.8) is 0 Å². The molecule has 17 heavy (non-hydrogen) atoms. The lowest BCUT2D eigenvalue weighted by molar-refractivity contribution is -0.0592. The summed E-state index contributed by atoms with van der Waals surface area (Å²) in [5, 5.41) is 0. The van der Waals surface area contributed by atoms with Gasteiger partial charge in [0.25, 0.3) is 0 Å². The third-order valence-electron chi connectivity index (χ3n) is 2.39. The average Bonchev–Trinajstić information content (AvgIpc) is 2.78. The van der Waals surface area contributed by atoms with Crippen LogP contribution in [0.3, 0.4) is 0 Å². The molecule has 0 unspecified atom stereocenters. The van der Waals surface area contributed by atoms with Crippen LogP contribution in [-0.2, 0) is 6.54 Å². The van der Waals surface area contributed by atoms with Gasteiger partial charge in [-0.2, -0.15) is 13.2 Å². The number of aliphatic imine (C=N–C) groups is 2. The number of rotatable bonds is 2. The Morgan fingerprint density at radius 3 is 2.29 bits per heavy atom. The van der Waals surface area contributed by atoms with Crippen molar-refractivity contribution in [1.82, 2.24) is 0 Å². The molecular weight excluding hydrogens is 231 g/mol. The Morgan fingerprint density at radius 2 is 1.82 bits per heavy atom. The van der Waals surface area contributed by atoms with Crippen LogP contribution in [0.4, 0.5) is 13.2 Å². The standard InChI is InChI=1S/C11H10F3N3/c12-11(13,14)9-6-16-10(17-9)8-3-1-7(5-15)2-4-8/h1-4H,5-6,15H2. The van der Waals surface area contributed by atoms with Gasteiger partial charge in [0.1, 0.15) is 5.71 Å². The summed E-state index contributed by atoms with van der Waals surface area (Å²) < 4.78 is 37.0. The molecule has 1 aromatic rings. The van der Waals surface area contributed by atoms with Gasteiger partial charge in [-0.05, 0) is 5.56 Å². The number of hydrogen-bond acceptors (Lipinski definition) is 3. The number of benzene rings is 1. The van der Waals surface area contributed by atoms with E-state index in [1.807, 2.05) is 0 Å². The molecule has 1 heterocycles. The van der Waals surface area contributed by atoms with Crippen molar-refractivity contribution in [2.45, 2.75) is 12.7 Å². The summed E-state index contributed by atoms with van der Waals surface area (Å²) in [7, 11) is 0. The average molecular weight is 241 g/mol. The third-order valence-corrected chi connectivity index (χ3v) is 2.39. The molecule has 0 radical (unpaired) electrons. The van der Waals surface area contributed by atoms with E-state index in [-0.39, 0.29) is 5.84 Å². The number of hydrogen-bond donors (Lipinski definition) is 1. The summed E-state index contributed by atoms with van der Waals surface area (Å²) in [4.78, 5) is 7.27. The van der Waals surface area contributed by atoms with E-state index in [0.717, 1.165) is 5.56 Å². The summed E-state index contributed by atoms with van der Waals surface area (Å²) in [5.41, 5.74) is 6.05. The Bertz CT molecular complexity index is 472. The van der Waals surface area contributed by atoms with Gasteiger partial charge in [-0.25, -0.2) is 4.99 Å². The smallest absolute Gasteiger partial charge is 0.326 e. The molecule has 0 aromatic heterocycles. The van der Waals surface area contributed by atoms with Gasteiger partial charge in [0, 0.05) is 12.1 Å². The predicted molar refractivity (Wildman–Crippen MR) is 59.2 cm³/mol. The molecule has 0 amide bonds. The molecule has 6 heteroatoms. The lowest BCUT2D eigenvalue weighted by atomic mass is 10.1. The fourth-order valence-electron chi connectivity index (χ4n) is 1.45. The number of nitrogens with zero attached hydrogens (tertiary/aromatic N) is 2. The third kappa shape index (κ3) is 2.52. The predicted octanol–water partition coefficient (Wildman–Crippen LogP) is 1.91. The van der Waals surface area contributed by atoms with E-state index >= 15 is 0 Å². The van der Waals surface area contributed by atoms with Crippen LogP contribution in [0.5, 0.6) is 0 Å². The Hall–Kier alpha value is -1.69. The van der Waals surface area contributed by atoms with Crippen molar-refractivity contribution in [1.29, 1.82) is 0 Å². The van der Waals surface area contributed by atoms with E-state index in [0.29, 0.717) is 12.1 Å². The fourth-order valence-corrected chi connectivity index (χ4v) is 1.45. The molecule has 0 spiro atoms. The monoisotopic (exact) mass is 241 g/mol. The Labute approximate surface area is 95.9 Å². The normalized spacial score (nSPS) is 15.8. The second-order valence-electron chi connectivity index (χ2n) is 3.60. The van der Waals surface area contributed by atoms with Crippen LogP contribution >= 0.6 is 0 Å². The van der Waals surface area contributed by atoms with Crippen molar-refractivity contribution in [2.24, 2.45) is 15.7 Å². The van der Waals surface area contributed by atoms with Gasteiger partial charge in [0.15, 0.2) is 5.84 Å². The number of nitrogens with two attached hydrogens (primary N) is 1. The zero-order valence-electron chi connectivity index (χ0n) is 8.83. The highest BCUT2D eigenvalue weighted by molar-refractivity contribution is 6.13. The van der Waals surface area contributed by atoms with Crippen molar-refractivity contribution in [3.05, 3.63) is 35.4 Å². The molecule has 0 saturated carbocycles. The van der Waals surface area contributed by atoms with Crippen molar-refractivity contribution in [3.8, 4) is 0 Å². The molecule has 90 valence electrons. The molecule has 0 fully saturated rings. The molecule has 1 aromatic carbocycles. The van der Waals surface area contributed by atoms with Crippen molar-refractivity contribution in [2.75, 3.05) is 6.54 Å². The first kappa shape index (κ1) is 11.8. The number of amidine groups is 1. The van der Waals surface area contributed by atoms with Gasteiger partial charge in [0.2, 0.25) is 0 Å². The first-order valence-electron chi connectivity index (χ1n) is 4.99. The number of halogens is 3. The summed E-state index contributed by atoms with van der Waals surface area (Å²) in [6.07, 6.45) is -4.40. The zero-order valence-corrected chi connectivity index (χ0v) is 8.83. The Kier molecular flexibility index (Phi) is 2.97. The highest BCUT2D eigenvalue weighted by Gasteiger charge is 2.37. The molecule has 1 aliphatic rings. The maximum absolute atomic E-state index is 12.3. The lowest BCUT2D eigenvalue weighted by Gasteiger charge is -2.03. The van der Waals surface area contributed by atoms with Crippen molar-refractivity contribution < 1.29 is 13.2 Å². The van der Waals surface area contributed by atoms with Gasteiger partial charge in [-0.1, -0.05) is 24.3 Å². The Balaban J connectivity index is 2.22. The molecule has 0 aliphatic carbocycles. The van der Waals surface area contributed by atoms with Gasteiger partial charge in [-0.15, -0.1) is 0 Å². The summed E-state index contributed by atoms with van der Waals surface area (Å²) in [5.74, 6) is 0.126. The van der Waals surface area contributed by atoms with E-state index in [4.69, 9.17) is 5.73 Å². The minimum absolute atomic E-state index is 0.126. The van der Waals surface area contributed by atoms with E-state index < -0.39 is 18.4 Å². The first-order valence-corrected chi connectivity index (χ1v) is 4.99. The van der Waals surface area contributed by atoms with E-state index in [1.165, 1.54) is 0 Å². The second kappa shape index (κ2) is 4.29. The van der Waals surface area contributed by atoms with Gasteiger partial charge in [0.05, 0.1) is 6.54 Å². The largest absolute Gasteiger partial charge is 0.431 e. The molecule has 2 N–H and O–H groups in total. The van der Waals surface area contributed by atoms with Gasteiger partial charge >= 0.3 is 6.18 Å². The van der Waals surface area contributed by atoms with Crippen LogP contribution in [0, 0.1) is 0 Å². The Morgan fingerprint density at radius 1 is 1.18 bits per heavy atom.